The summed E-state index contributed by atoms with van der Waals surface area (Å²) in [5, 5.41) is 21.8. The van der Waals surface area contributed by atoms with Crippen molar-refractivity contribution in [3.05, 3.63) is 0 Å². The SMILES string of the molecule is CCCC(=O)O.CCCCCCCCCCCCCCNCCCCNC(CC)C(N)=O.NC(N)=O.O=C(O)C(F)(F)F. The second-order valence-corrected chi connectivity index (χ2v) is 10.0. The summed E-state index contributed by atoms with van der Waals surface area (Å²) >= 11 is 0. The number of alkyl halides is 3. The Morgan fingerprint density at radius 2 is 1.00 bits per heavy atom. The number of halogens is 3. The highest BCUT2D eigenvalue weighted by Crippen LogP contribution is 2.13. The maximum absolute atomic E-state index is 11.1. The lowest BCUT2D eigenvalue weighted by Gasteiger charge is -2.12. The van der Waals surface area contributed by atoms with Gasteiger partial charge in [0.05, 0.1) is 6.04 Å². The zero-order valence-corrected chi connectivity index (χ0v) is 26.6. The van der Waals surface area contributed by atoms with E-state index >= 15 is 0 Å². The van der Waals surface area contributed by atoms with Crippen LogP contribution in [-0.4, -0.2) is 65.9 Å². The molecule has 0 aliphatic carbocycles. The van der Waals surface area contributed by atoms with Gasteiger partial charge in [0.1, 0.15) is 0 Å². The third-order valence-electron chi connectivity index (χ3n) is 5.84. The van der Waals surface area contributed by atoms with Crippen molar-refractivity contribution >= 4 is 23.9 Å². The first-order valence-electron chi connectivity index (χ1n) is 15.5. The number of unbranched alkanes of at least 4 members (excludes halogenated alkanes) is 12. The molecule has 43 heavy (non-hydrogen) atoms. The summed E-state index contributed by atoms with van der Waals surface area (Å²) in [7, 11) is 0. The Morgan fingerprint density at radius 3 is 1.28 bits per heavy atom. The molecule has 0 aromatic rings. The van der Waals surface area contributed by atoms with Crippen molar-refractivity contribution in [2.24, 2.45) is 17.2 Å². The number of urea groups is 1. The number of carbonyl (C=O) groups is 4. The number of carboxylic acids is 2. The van der Waals surface area contributed by atoms with Crippen LogP contribution in [0.3, 0.4) is 0 Å². The number of primary amides is 3. The van der Waals surface area contributed by atoms with Gasteiger partial charge in [-0.3, -0.25) is 9.59 Å². The number of hydrogen-bond donors (Lipinski definition) is 7. The molecule has 1 unspecified atom stereocenters. The minimum atomic E-state index is -5.08. The number of amides is 3. The van der Waals surface area contributed by atoms with Gasteiger partial charge in [-0.05, 0) is 51.7 Å². The molecule has 10 N–H and O–H groups in total. The fourth-order valence-electron chi connectivity index (χ4n) is 3.53. The van der Waals surface area contributed by atoms with Gasteiger partial charge in [0, 0.05) is 6.42 Å². The van der Waals surface area contributed by atoms with Gasteiger partial charge in [-0.1, -0.05) is 91.4 Å². The van der Waals surface area contributed by atoms with E-state index in [2.05, 4.69) is 29.0 Å². The van der Waals surface area contributed by atoms with Crippen LogP contribution in [0.25, 0.3) is 0 Å². The first-order chi connectivity index (χ1) is 20.2. The van der Waals surface area contributed by atoms with Crippen molar-refractivity contribution in [1.82, 2.24) is 10.6 Å². The summed E-state index contributed by atoms with van der Waals surface area (Å²) in [6.07, 6.45) is 15.8. The maximum atomic E-state index is 11.1. The van der Waals surface area contributed by atoms with E-state index in [1.807, 2.05) is 13.8 Å². The van der Waals surface area contributed by atoms with E-state index in [1.54, 1.807) is 0 Å². The highest BCUT2D eigenvalue weighted by atomic mass is 19.4. The Labute approximate surface area is 256 Å². The predicted octanol–water partition coefficient (Wildman–Crippen LogP) is 5.44. The average Bonchev–Trinajstić information content (AvgIpc) is 2.89. The number of carboxylic acid groups (broad SMARTS) is 2. The summed E-state index contributed by atoms with van der Waals surface area (Å²) in [6, 6.07) is -0.996. The van der Waals surface area contributed by atoms with Crippen LogP contribution in [-0.2, 0) is 14.4 Å². The molecule has 0 fully saturated rings. The van der Waals surface area contributed by atoms with Crippen molar-refractivity contribution in [1.29, 1.82) is 0 Å². The molecule has 11 nitrogen and oxygen atoms in total. The zero-order valence-electron chi connectivity index (χ0n) is 26.6. The number of aliphatic carboxylic acids is 2. The van der Waals surface area contributed by atoms with Gasteiger partial charge >= 0.3 is 24.1 Å². The highest BCUT2D eigenvalue weighted by molar-refractivity contribution is 5.79. The maximum Gasteiger partial charge on any atom is 0.490 e. The standard InChI is InChI=1S/C22H47N3O.C4H8O2.C2HF3O2.CH4N2O/c1-3-5-6-7-8-9-10-11-12-13-14-15-18-24-19-16-17-20-25-21(4-2)22(23)26;1-2-3-4(5)6;3-2(4,5)1(6)7;2-1(3)4/h21,24-25H,3-20H2,1-2H3,(H2,23,26);2-3H2,1H3,(H,5,6);(H,6,7);(H4,2,3,4). The van der Waals surface area contributed by atoms with Gasteiger partial charge in [-0.2, -0.15) is 13.2 Å². The fraction of sp³-hybridized carbons (Fsp3) is 0.862. The molecule has 0 rings (SSSR count). The van der Waals surface area contributed by atoms with E-state index in [9.17, 15) is 22.8 Å². The monoisotopic (exact) mass is 631 g/mol. The minimum Gasteiger partial charge on any atom is -0.481 e. The van der Waals surface area contributed by atoms with Crippen LogP contribution in [0.2, 0.25) is 0 Å². The van der Waals surface area contributed by atoms with Gasteiger partial charge in [0.25, 0.3) is 0 Å². The molecule has 0 aliphatic heterocycles. The molecule has 0 aromatic heterocycles. The van der Waals surface area contributed by atoms with Crippen LogP contribution in [0.5, 0.6) is 0 Å². The summed E-state index contributed by atoms with van der Waals surface area (Å²) in [5.41, 5.74) is 13.8. The Morgan fingerprint density at radius 1 is 0.651 bits per heavy atom. The van der Waals surface area contributed by atoms with Crippen LogP contribution < -0.4 is 27.8 Å². The molecule has 0 heterocycles. The first kappa shape index (κ1) is 47.3. The molecule has 1 atom stereocenters. The van der Waals surface area contributed by atoms with Crippen molar-refractivity contribution in [3.8, 4) is 0 Å². The lowest BCUT2D eigenvalue weighted by atomic mass is 10.1. The number of nitrogens with two attached hydrogens (primary N) is 3. The topological polar surface area (TPSA) is 211 Å². The number of hydrogen-bond acceptors (Lipinski definition) is 6. The number of carbonyl (C=O) groups excluding carboxylic acids is 2. The van der Waals surface area contributed by atoms with E-state index in [-0.39, 0.29) is 11.9 Å². The number of rotatable bonds is 23. The summed E-state index contributed by atoms with van der Waals surface area (Å²) in [6.45, 7) is 9.20. The first-order valence-corrected chi connectivity index (χ1v) is 15.5. The van der Waals surface area contributed by atoms with Crippen LogP contribution in [0.4, 0.5) is 18.0 Å². The van der Waals surface area contributed by atoms with Gasteiger partial charge in [-0.25, -0.2) is 9.59 Å². The summed E-state index contributed by atoms with van der Waals surface area (Å²) < 4.78 is 31.7. The van der Waals surface area contributed by atoms with Crippen molar-refractivity contribution < 1.29 is 42.6 Å². The number of nitrogens with one attached hydrogen (secondary N) is 2. The van der Waals surface area contributed by atoms with Gasteiger partial charge in [0.15, 0.2) is 0 Å². The van der Waals surface area contributed by atoms with Gasteiger partial charge in [0.2, 0.25) is 5.91 Å². The van der Waals surface area contributed by atoms with Crippen molar-refractivity contribution in [3.63, 3.8) is 0 Å². The predicted molar refractivity (Wildman–Crippen MR) is 164 cm³/mol. The molecule has 3 amide bonds. The van der Waals surface area contributed by atoms with Crippen LogP contribution in [0.15, 0.2) is 0 Å². The molecule has 0 bridgehead atoms. The van der Waals surface area contributed by atoms with Crippen LogP contribution in [0.1, 0.15) is 130 Å². The summed E-state index contributed by atoms with van der Waals surface area (Å²) in [4.78, 5) is 38.6. The van der Waals surface area contributed by atoms with Crippen molar-refractivity contribution in [2.45, 2.75) is 142 Å². The van der Waals surface area contributed by atoms with Crippen LogP contribution >= 0.6 is 0 Å². The van der Waals surface area contributed by atoms with Gasteiger partial charge in [-0.15, -0.1) is 0 Å². The molecule has 0 radical (unpaired) electrons. The third kappa shape index (κ3) is 52.5. The molecular formula is C29H60F3N5O6. The van der Waals surface area contributed by atoms with Crippen molar-refractivity contribution in [2.75, 3.05) is 19.6 Å². The van der Waals surface area contributed by atoms with E-state index in [0.717, 1.165) is 45.3 Å². The van der Waals surface area contributed by atoms with Crippen LogP contribution in [0, 0.1) is 0 Å². The lowest BCUT2D eigenvalue weighted by Crippen LogP contribution is -2.41. The van der Waals surface area contributed by atoms with E-state index in [1.165, 1.54) is 77.0 Å². The minimum absolute atomic E-state index is 0.163. The molecule has 0 aromatic carbocycles. The normalized spacial score (nSPS) is 11.0. The summed E-state index contributed by atoms with van der Waals surface area (Å²) in [5.74, 6) is -3.71. The third-order valence-corrected chi connectivity index (χ3v) is 5.84. The van der Waals surface area contributed by atoms with Gasteiger partial charge < -0.3 is 38.0 Å². The molecule has 258 valence electrons. The van der Waals surface area contributed by atoms with E-state index in [0.29, 0.717) is 6.42 Å². The lowest BCUT2D eigenvalue weighted by molar-refractivity contribution is -0.192. The second-order valence-electron chi connectivity index (χ2n) is 10.0. The molecule has 0 saturated carbocycles. The Kier molecular flexibility index (Phi) is 39.2. The second kappa shape index (κ2) is 35.6. The molecule has 0 aliphatic rings. The average molecular weight is 632 g/mol. The highest BCUT2D eigenvalue weighted by Gasteiger charge is 2.38. The zero-order chi connectivity index (χ0) is 33.9. The molecule has 0 spiro atoms. The quantitative estimate of drug-likeness (QED) is 0.0720. The Bertz CT molecular complexity index is 667. The molecule has 0 saturated heterocycles. The van der Waals surface area contributed by atoms with E-state index in [4.69, 9.17) is 25.5 Å². The Hall–Kier alpha value is -2.61. The largest absolute Gasteiger partial charge is 0.490 e. The Balaban J connectivity index is -0.000000361. The molecule has 14 heteroatoms. The van der Waals surface area contributed by atoms with E-state index < -0.39 is 24.1 Å². The molecular weight excluding hydrogens is 571 g/mol. The fourth-order valence-corrected chi connectivity index (χ4v) is 3.53. The smallest absolute Gasteiger partial charge is 0.481 e.